The number of hydrogen-bond donors (Lipinski definition) is 0. The van der Waals surface area contributed by atoms with Crippen LogP contribution in [0.15, 0.2) is 18.2 Å². The molecule has 224 valence electrons. The second-order valence-corrected chi connectivity index (χ2v) is 17.9. The van der Waals surface area contributed by atoms with Crippen LogP contribution in [0.25, 0.3) is 0 Å². The van der Waals surface area contributed by atoms with Gasteiger partial charge in [0.1, 0.15) is 0 Å². The molecule has 0 bridgehead atoms. The Hall–Kier alpha value is -2.37. The van der Waals surface area contributed by atoms with Crippen molar-refractivity contribution in [3.63, 3.8) is 0 Å². The summed E-state index contributed by atoms with van der Waals surface area (Å²) in [6.45, 7) is 40.6. The molecule has 0 fully saturated rings. The van der Waals surface area contributed by atoms with Gasteiger partial charge in [0.05, 0.1) is 17.1 Å². The van der Waals surface area contributed by atoms with Crippen molar-refractivity contribution in [3.05, 3.63) is 52.4 Å². The van der Waals surface area contributed by atoms with Crippen molar-refractivity contribution in [2.75, 3.05) is 0 Å². The molecule has 0 amide bonds. The Labute approximate surface area is 244 Å². The van der Waals surface area contributed by atoms with Crippen molar-refractivity contribution >= 4 is 0 Å². The van der Waals surface area contributed by atoms with Gasteiger partial charge in [-0.3, -0.25) is 0 Å². The molecule has 6 heteroatoms. The lowest BCUT2D eigenvalue weighted by molar-refractivity contribution is 0.232. The van der Waals surface area contributed by atoms with Crippen LogP contribution >= 0.6 is 0 Å². The van der Waals surface area contributed by atoms with Crippen LogP contribution < -0.4 is 0 Å². The monoisotopic (exact) mass is 550 g/mol. The minimum Gasteiger partial charge on any atom is -0.223 e. The minimum atomic E-state index is -0.402. The molecule has 3 aromatic heterocycles. The Bertz CT molecular complexity index is 1170. The van der Waals surface area contributed by atoms with E-state index in [1.165, 1.54) is 17.1 Å². The van der Waals surface area contributed by atoms with E-state index in [1.54, 1.807) is 0 Å². The van der Waals surface area contributed by atoms with Gasteiger partial charge < -0.3 is 0 Å². The van der Waals surface area contributed by atoms with E-state index in [9.17, 15) is 0 Å². The average molecular weight is 551 g/mol. The lowest BCUT2D eigenvalue weighted by Gasteiger charge is -2.32. The van der Waals surface area contributed by atoms with Gasteiger partial charge in [-0.05, 0) is 18.2 Å². The lowest BCUT2D eigenvalue weighted by atomic mass is 9.87. The Morgan fingerprint density at radius 2 is 0.575 bits per heavy atom. The van der Waals surface area contributed by atoms with Gasteiger partial charge in [0.2, 0.25) is 6.29 Å². The van der Waals surface area contributed by atoms with Crippen molar-refractivity contribution in [2.45, 2.75) is 163 Å². The molecule has 3 heterocycles. The second kappa shape index (κ2) is 9.59. The van der Waals surface area contributed by atoms with E-state index in [0.29, 0.717) is 0 Å². The zero-order valence-corrected chi connectivity index (χ0v) is 29.0. The van der Waals surface area contributed by atoms with E-state index in [4.69, 9.17) is 15.3 Å². The molecule has 0 aliphatic carbocycles. The van der Waals surface area contributed by atoms with Crippen LogP contribution in [0.4, 0.5) is 0 Å². The highest BCUT2D eigenvalue weighted by Crippen LogP contribution is 2.38. The van der Waals surface area contributed by atoms with E-state index in [1.807, 2.05) is 0 Å². The molecular weight excluding hydrogens is 492 g/mol. The van der Waals surface area contributed by atoms with Crippen molar-refractivity contribution in [2.24, 2.45) is 0 Å². The smallest absolute Gasteiger partial charge is 0.223 e. The molecule has 40 heavy (non-hydrogen) atoms. The third kappa shape index (κ3) is 6.41. The van der Waals surface area contributed by atoms with Crippen molar-refractivity contribution < 1.29 is 0 Å². The molecule has 3 aromatic rings. The molecule has 3 rings (SSSR count). The topological polar surface area (TPSA) is 53.5 Å². The predicted molar refractivity (Wildman–Crippen MR) is 169 cm³/mol. The molecule has 0 atom stereocenters. The largest absolute Gasteiger partial charge is 0.239 e. The Kier molecular flexibility index (Phi) is 7.71. The maximum atomic E-state index is 5.39. The zero-order chi connectivity index (χ0) is 31.0. The van der Waals surface area contributed by atoms with Crippen molar-refractivity contribution in [1.29, 1.82) is 0 Å². The van der Waals surface area contributed by atoms with Crippen LogP contribution in [0.1, 0.15) is 165 Å². The fourth-order valence-corrected chi connectivity index (χ4v) is 4.80. The van der Waals surface area contributed by atoms with Gasteiger partial charge in [0, 0.05) is 49.6 Å². The molecular formula is C34H58N6. The van der Waals surface area contributed by atoms with Gasteiger partial charge in [-0.1, -0.05) is 125 Å². The van der Waals surface area contributed by atoms with Crippen LogP contribution in [0, 0.1) is 0 Å². The normalized spacial score (nSPS) is 14.5. The van der Waals surface area contributed by atoms with Crippen LogP contribution in [-0.2, 0) is 32.5 Å². The standard InChI is InChI=1S/C34H58N6/c1-29(2,3)22-19-25(32(10,11)12)38(35-22)28(39-26(33(13,14)15)20-23(36-39)30(4,5)6)40-27(34(16,17)18)21-24(37-40)31(7,8)9/h19-21,28H,1-18H3. The van der Waals surface area contributed by atoms with E-state index in [-0.39, 0.29) is 32.5 Å². The van der Waals surface area contributed by atoms with Gasteiger partial charge in [-0.2, -0.15) is 15.3 Å². The number of nitrogens with zero attached hydrogens (tertiary/aromatic N) is 6. The fraction of sp³-hybridized carbons (Fsp3) is 0.735. The summed E-state index contributed by atoms with van der Waals surface area (Å²) in [5, 5.41) is 16.2. The Balaban J connectivity index is 2.60. The molecule has 0 saturated heterocycles. The summed E-state index contributed by atoms with van der Waals surface area (Å²) in [6.07, 6.45) is -0.402. The molecule has 0 aromatic carbocycles. The Morgan fingerprint density at radius 1 is 0.375 bits per heavy atom. The van der Waals surface area contributed by atoms with Crippen LogP contribution in [0.2, 0.25) is 0 Å². The third-order valence-corrected chi connectivity index (χ3v) is 7.47. The maximum absolute atomic E-state index is 5.39. The van der Waals surface area contributed by atoms with Crippen LogP contribution in [0.3, 0.4) is 0 Å². The average Bonchev–Trinajstić information content (AvgIpc) is 3.42. The maximum Gasteiger partial charge on any atom is 0.239 e. The highest BCUT2D eigenvalue weighted by molar-refractivity contribution is 5.29. The van der Waals surface area contributed by atoms with Crippen molar-refractivity contribution in [1.82, 2.24) is 29.3 Å². The summed E-state index contributed by atoms with van der Waals surface area (Å²) in [7, 11) is 0. The Morgan fingerprint density at radius 3 is 0.725 bits per heavy atom. The summed E-state index contributed by atoms with van der Waals surface area (Å²) in [4.78, 5) is 0. The highest BCUT2D eigenvalue weighted by Gasteiger charge is 2.38. The summed E-state index contributed by atoms with van der Waals surface area (Å²) in [5.74, 6) is 0. The molecule has 0 aliphatic heterocycles. The number of hydrogen-bond acceptors (Lipinski definition) is 3. The van der Waals surface area contributed by atoms with Gasteiger partial charge in [-0.25, -0.2) is 14.0 Å². The first-order chi connectivity index (χ1) is 17.6. The zero-order valence-electron chi connectivity index (χ0n) is 29.0. The van der Waals surface area contributed by atoms with Gasteiger partial charge >= 0.3 is 0 Å². The van der Waals surface area contributed by atoms with Crippen molar-refractivity contribution in [3.8, 4) is 0 Å². The number of rotatable bonds is 3. The van der Waals surface area contributed by atoms with Crippen LogP contribution in [0.5, 0.6) is 0 Å². The molecule has 0 spiro atoms. The summed E-state index contributed by atoms with van der Waals surface area (Å²) >= 11 is 0. The lowest BCUT2D eigenvalue weighted by Crippen LogP contribution is -2.38. The highest BCUT2D eigenvalue weighted by atomic mass is 15.6. The molecule has 0 unspecified atom stereocenters. The first kappa shape index (κ1) is 32.1. The predicted octanol–water partition coefficient (Wildman–Crippen LogP) is 8.61. The summed E-state index contributed by atoms with van der Waals surface area (Å²) in [6, 6.07) is 6.88. The van der Waals surface area contributed by atoms with Gasteiger partial charge in [0.25, 0.3) is 0 Å². The molecule has 0 N–H and O–H groups in total. The molecule has 0 aliphatic rings. The van der Waals surface area contributed by atoms with E-state index < -0.39 is 6.29 Å². The second-order valence-electron chi connectivity index (χ2n) is 17.9. The summed E-state index contributed by atoms with van der Waals surface area (Å²) in [5.41, 5.74) is 6.00. The van der Waals surface area contributed by atoms with E-state index in [0.717, 1.165) is 17.1 Å². The summed E-state index contributed by atoms with van der Waals surface area (Å²) < 4.78 is 6.64. The SMILES string of the molecule is CC(C)(C)c1cc(C(C)(C)C)n(C(n2nc(C(C)(C)C)cc2C(C)(C)C)n2nc(C(C)(C)C)cc2C(C)(C)C)n1. The third-order valence-electron chi connectivity index (χ3n) is 7.47. The quantitative estimate of drug-likeness (QED) is 0.328. The molecule has 0 saturated carbocycles. The van der Waals surface area contributed by atoms with E-state index in [2.05, 4.69) is 157 Å². The first-order valence-corrected chi connectivity index (χ1v) is 14.9. The fourth-order valence-electron chi connectivity index (χ4n) is 4.80. The van der Waals surface area contributed by atoms with Gasteiger partial charge in [-0.15, -0.1) is 0 Å². The van der Waals surface area contributed by atoms with E-state index >= 15 is 0 Å². The number of aromatic nitrogens is 6. The molecule has 0 radical (unpaired) electrons. The molecule has 6 nitrogen and oxygen atoms in total. The minimum absolute atomic E-state index is 0.100. The first-order valence-electron chi connectivity index (χ1n) is 14.9. The van der Waals surface area contributed by atoms with Crippen LogP contribution in [-0.4, -0.2) is 29.3 Å². The van der Waals surface area contributed by atoms with Gasteiger partial charge in [0.15, 0.2) is 0 Å².